The van der Waals surface area contributed by atoms with E-state index in [4.69, 9.17) is 5.73 Å². The van der Waals surface area contributed by atoms with Crippen LogP contribution >= 0.6 is 0 Å². The maximum absolute atomic E-state index is 5.58. The minimum absolute atomic E-state index is 0.101. The summed E-state index contributed by atoms with van der Waals surface area (Å²) < 4.78 is 0. The van der Waals surface area contributed by atoms with E-state index < -0.39 is 0 Å². The van der Waals surface area contributed by atoms with Gasteiger partial charge in [0.2, 0.25) is 0 Å². The lowest BCUT2D eigenvalue weighted by Crippen LogP contribution is -2.40. The highest BCUT2D eigenvalue weighted by Gasteiger charge is 2.15. The van der Waals surface area contributed by atoms with Gasteiger partial charge in [-0.1, -0.05) is 30.3 Å². The first-order valence-corrected chi connectivity index (χ1v) is 4.57. The van der Waals surface area contributed by atoms with Crippen molar-refractivity contribution < 1.29 is 0 Å². The van der Waals surface area contributed by atoms with Gasteiger partial charge in [0.05, 0.1) is 0 Å². The Morgan fingerprint density at radius 3 is 2.38 bits per heavy atom. The summed E-state index contributed by atoms with van der Waals surface area (Å²) in [5.74, 6) is 0. The maximum atomic E-state index is 5.58. The molecule has 0 aromatic heterocycles. The first-order chi connectivity index (χ1) is 6.14. The number of hydrogen-bond donors (Lipinski definition) is 1. The fourth-order valence-electron chi connectivity index (χ4n) is 0.953. The molecule has 2 nitrogen and oxygen atoms in total. The molecule has 1 radical (unpaired) electrons. The third kappa shape index (κ3) is 3.57. The Morgan fingerprint density at radius 1 is 1.23 bits per heavy atom. The lowest BCUT2D eigenvalue weighted by atomic mass is 10.1. The zero-order valence-electron chi connectivity index (χ0n) is 8.33. The molecule has 0 fully saturated rings. The molecule has 0 aliphatic rings. The Hall–Kier alpha value is -0.860. The van der Waals surface area contributed by atoms with Gasteiger partial charge in [0.1, 0.15) is 0 Å². The Balaban J connectivity index is 2.44. The fourth-order valence-corrected chi connectivity index (χ4v) is 0.953. The van der Waals surface area contributed by atoms with E-state index in [2.05, 4.69) is 31.3 Å². The van der Waals surface area contributed by atoms with Crippen LogP contribution in [-0.4, -0.2) is 12.1 Å². The van der Waals surface area contributed by atoms with Crippen molar-refractivity contribution in [3.63, 3.8) is 0 Å². The third-order valence-electron chi connectivity index (χ3n) is 2.03. The summed E-state index contributed by atoms with van der Waals surface area (Å²) in [6.07, 6.45) is 0. The van der Waals surface area contributed by atoms with Crippen LogP contribution in [0.3, 0.4) is 0 Å². The first kappa shape index (κ1) is 10.2. The lowest BCUT2D eigenvalue weighted by molar-refractivity contribution is 0.387. The number of nitrogens with zero attached hydrogens (tertiary/aromatic N) is 1. The van der Waals surface area contributed by atoms with Crippen LogP contribution < -0.4 is 11.1 Å². The zero-order chi connectivity index (χ0) is 9.73. The van der Waals surface area contributed by atoms with Crippen LogP contribution in [0.25, 0.3) is 0 Å². The molecule has 1 aromatic rings. The molecule has 0 unspecified atom stereocenters. The molecule has 0 bridgehead atoms. The number of benzene rings is 1. The number of nitrogens with two attached hydrogens (primary N) is 1. The molecule has 0 aliphatic carbocycles. The van der Waals surface area contributed by atoms with E-state index in [0.717, 1.165) is 6.54 Å². The Kier molecular flexibility index (Phi) is 3.46. The van der Waals surface area contributed by atoms with Crippen LogP contribution in [0.4, 0.5) is 0 Å². The molecule has 0 heterocycles. The SMILES string of the molecule is CC(C)(CN)[N]Cc1ccccc1. The highest BCUT2D eigenvalue weighted by atomic mass is 15.0. The molecule has 13 heavy (non-hydrogen) atoms. The number of rotatable bonds is 4. The van der Waals surface area contributed by atoms with Crippen molar-refractivity contribution in [3.05, 3.63) is 35.9 Å². The second-order valence-corrected chi connectivity index (χ2v) is 3.82. The van der Waals surface area contributed by atoms with E-state index in [1.165, 1.54) is 5.56 Å². The maximum Gasteiger partial charge on any atom is 0.0426 e. The van der Waals surface area contributed by atoms with Gasteiger partial charge in [-0.05, 0) is 19.4 Å². The molecule has 1 aromatic carbocycles. The van der Waals surface area contributed by atoms with E-state index in [1.807, 2.05) is 18.2 Å². The summed E-state index contributed by atoms with van der Waals surface area (Å²) in [6.45, 7) is 5.46. The largest absolute Gasteiger partial charge is 0.329 e. The van der Waals surface area contributed by atoms with Gasteiger partial charge in [-0.15, -0.1) is 0 Å². The molecular formula is C11H17N2. The van der Waals surface area contributed by atoms with E-state index >= 15 is 0 Å². The average molecular weight is 177 g/mol. The van der Waals surface area contributed by atoms with Crippen LogP contribution in [-0.2, 0) is 6.54 Å². The molecule has 0 saturated heterocycles. The van der Waals surface area contributed by atoms with Gasteiger partial charge in [0, 0.05) is 18.6 Å². The molecule has 71 valence electrons. The summed E-state index contributed by atoms with van der Waals surface area (Å²) in [7, 11) is 0. The van der Waals surface area contributed by atoms with Gasteiger partial charge in [-0.3, -0.25) is 0 Å². The lowest BCUT2D eigenvalue weighted by Gasteiger charge is -2.21. The van der Waals surface area contributed by atoms with Gasteiger partial charge in [0.15, 0.2) is 0 Å². The van der Waals surface area contributed by atoms with Crippen molar-refractivity contribution in [2.45, 2.75) is 25.9 Å². The number of hydrogen-bond acceptors (Lipinski definition) is 1. The van der Waals surface area contributed by atoms with Gasteiger partial charge in [-0.2, -0.15) is 0 Å². The van der Waals surface area contributed by atoms with E-state index in [1.54, 1.807) is 0 Å². The van der Waals surface area contributed by atoms with E-state index in [9.17, 15) is 0 Å². The molecule has 0 amide bonds. The Labute approximate surface area is 80.1 Å². The van der Waals surface area contributed by atoms with Crippen molar-refractivity contribution in [2.75, 3.05) is 6.54 Å². The van der Waals surface area contributed by atoms with Crippen molar-refractivity contribution in [3.8, 4) is 0 Å². The van der Waals surface area contributed by atoms with Gasteiger partial charge >= 0.3 is 0 Å². The predicted octanol–water partition coefficient (Wildman–Crippen LogP) is 1.53. The van der Waals surface area contributed by atoms with Crippen molar-refractivity contribution in [2.24, 2.45) is 5.73 Å². The Morgan fingerprint density at radius 2 is 1.85 bits per heavy atom. The second kappa shape index (κ2) is 4.40. The van der Waals surface area contributed by atoms with Crippen molar-refractivity contribution >= 4 is 0 Å². The summed E-state index contributed by atoms with van der Waals surface area (Å²) in [5, 5.41) is 4.52. The van der Waals surface area contributed by atoms with Gasteiger partial charge in [-0.25, -0.2) is 5.32 Å². The van der Waals surface area contributed by atoms with Crippen molar-refractivity contribution in [1.82, 2.24) is 5.32 Å². The second-order valence-electron chi connectivity index (χ2n) is 3.82. The predicted molar refractivity (Wildman–Crippen MR) is 55.4 cm³/mol. The van der Waals surface area contributed by atoms with Gasteiger partial charge < -0.3 is 5.73 Å². The minimum atomic E-state index is -0.101. The van der Waals surface area contributed by atoms with E-state index in [0.29, 0.717) is 6.54 Å². The molecule has 1 rings (SSSR count). The normalized spacial score (nSPS) is 11.6. The quantitative estimate of drug-likeness (QED) is 0.744. The Bertz CT molecular complexity index is 242. The molecule has 0 atom stereocenters. The van der Waals surface area contributed by atoms with Crippen LogP contribution in [0.1, 0.15) is 19.4 Å². The van der Waals surface area contributed by atoms with Crippen LogP contribution in [0.15, 0.2) is 30.3 Å². The van der Waals surface area contributed by atoms with E-state index in [-0.39, 0.29) is 5.54 Å². The summed E-state index contributed by atoms with van der Waals surface area (Å²) in [6, 6.07) is 10.2. The standard InChI is InChI=1S/C11H17N2/c1-11(2,9-12)13-8-10-6-4-3-5-7-10/h3-7H,8-9,12H2,1-2H3. The molecule has 2 N–H and O–H groups in total. The smallest absolute Gasteiger partial charge is 0.0426 e. The minimum Gasteiger partial charge on any atom is -0.329 e. The van der Waals surface area contributed by atoms with Crippen LogP contribution in [0, 0.1) is 0 Å². The van der Waals surface area contributed by atoms with Gasteiger partial charge in [0.25, 0.3) is 0 Å². The first-order valence-electron chi connectivity index (χ1n) is 4.57. The third-order valence-corrected chi connectivity index (χ3v) is 2.03. The van der Waals surface area contributed by atoms with Crippen molar-refractivity contribution in [1.29, 1.82) is 0 Å². The molecule has 0 saturated carbocycles. The zero-order valence-corrected chi connectivity index (χ0v) is 8.33. The summed E-state index contributed by atoms with van der Waals surface area (Å²) in [4.78, 5) is 0. The fraction of sp³-hybridized carbons (Fsp3) is 0.455. The molecular weight excluding hydrogens is 160 g/mol. The summed E-state index contributed by atoms with van der Waals surface area (Å²) >= 11 is 0. The monoisotopic (exact) mass is 177 g/mol. The highest BCUT2D eigenvalue weighted by Crippen LogP contribution is 2.05. The van der Waals surface area contributed by atoms with Crippen LogP contribution in [0.5, 0.6) is 0 Å². The highest BCUT2D eigenvalue weighted by molar-refractivity contribution is 5.14. The molecule has 2 heteroatoms. The topological polar surface area (TPSA) is 40.1 Å². The molecule has 0 aliphatic heterocycles. The van der Waals surface area contributed by atoms with Crippen LogP contribution in [0.2, 0.25) is 0 Å². The average Bonchev–Trinajstić information content (AvgIpc) is 2.17. The summed E-state index contributed by atoms with van der Waals surface area (Å²) in [5.41, 5.74) is 6.72. The molecule has 0 spiro atoms.